The average molecular weight is 297 g/mol. The minimum absolute atomic E-state index is 0.551. The van der Waals surface area contributed by atoms with Gasteiger partial charge in [0.1, 0.15) is 0 Å². The van der Waals surface area contributed by atoms with Gasteiger partial charge in [0.05, 0.1) is 5.75 Å². The van der Waals surface area contributed by atoms with E-state index in [1.54, 1.807) is 11.8 Å². The molecule has 1 heterocycles. The molecule has 0 amide bonds. The molecule has 0 aliphatic rings. The molecule has 0 unspecified atom stereocenters. The van der Waals surface area contributed by atoms with Crippen LogP contribution >= 0.6 is 11.8 Å². The SMILES string of the molecule is Cc1c(N)cccc1SCc1noc(-c2ccccc2)n1. The molecule has 0 radical (unpaired) electrons. The predicted octanol–water partition coefficient (Wildman–Crippen LogP) is 3.92. The summed E-state index contributed by atoms with van der Waals surface area (Å²) in [6.07, 6.45) is 0. The van der Waals surface area contributed by atoms with Crippen LogP contribution in [0.4, 0.5) is 5.69 Å². The zero-order valence-corrected chi connectivity index (χ0v) is 12.4. The minimum Gasteiger partial charge on any atom is -0.398 e. The standard InChI is InChI=1S/C16H15N3OS/c1-11-13(17)8-5-9-14(11)21-10-15-18-16(20-19-15)12-6-3-2-4-7-12/h2-9H,10,17H2,1H3. The third-order valence-corrected chi connectivity index (χ3v) is 4.33. The van der Waals surface area contributed by atoms with E-state index in [9.17, 15) is 0 Å². The van der Waals surface area contributed by atoms with E-state index in [2.05, 4.69) is 16.2 Å². The van der Waals surface area contributed by atoms with Gasteiger partial charge in [-0.1, -0.05) is 29.4 Å². The van der Waals surface area contributed by atoms with Crippen molar-refractivity contribution in [2.45, 2.75) is 17.6 Å². The summed E-state index contributed by atoms with van der Waals surface area (Å²) in [6, 6.07) is 15.7. The molecule has 1 aromatic heterocycles. The van der Waals surface area contributed by atoms with Crippen molar-refractivity contribution in [3.05, 3.63) is 59.9 Å². The average Bonchev–Trinajstić information content (AvgIpc) is 2.99. The topological polar surface area (TPSA) is 64.9 Å². The molecule has 0 aliphatic heterocycles. The first-order valence-corrected chi connectivity index (χ1v) is 7.58. The first-order chi connectivity index (χ1) is 10.2. The summed E-state index contributed by atoms with van der Waals surface area (Å²) in [7, 11) is 0. The van der Waals surface area contributed by atoms with Crippen LogP contribution in [0.2, 0.25) is 0 Å². The van der Waals surface area contributed by atoms with Crippen molar-refractivity contribution in [2.75, 3.05) is 5.73 Å². The van der Waals surface area contributed by atoms with Crippen LogP contribution < -0.4 is 5.73 Å². The largest absolute Gasteiger partial charge is 0.398 e. The molecule has 0 aliphatic carbocycles. The van der Waals surface area contributed by atoms with Crippen LogP contribution in [-0.4, -0.2) is 10.1 Å². The lowest BCUT2D eigenvalue weighted by Gasteiger charge is -2.05. The highest BCUT2D eigenvalue weighted by Crippen LogP contribution is 2.28. The van der Waals surface area contributed by atoms with E-state index in [-0.39, 0.29) is 0 Å². The van der Waals surface area contributed by atoms with E-state index in [0.717, 1.165) is 21.7 Å². The van der Waals surface area contributed by atoms with Crippen molar-refractivity contribution in [3.8, 4) is 11.5 Å². The number of nitrogens with two attached hydrogens (primary N) is 1. The fraction of sp³-hybridized carbons (Fsp3) is 0.125. The lowest BCUT2D eigenvalue weighted by molar-refractivity contribution is 0.425. The Hall–Kier alpha value is -2.27. The summed E-state index contributed by atoms with van der Waals surface area (Å²) in [6.45, 7) is 2.02. The van der Waals surface area contributed by atoms with E-state index in [1.807, 2.05) is 49.4 Å². The van der Waals surface area contributed by atoms with Gasteiger partial charge in [-0.3, -0.25) is 0 Å². The summed E-state index contributed by atoms with van der Waals surface area (Å²) >= 11 is 1.66. The molecule has 3 rings (SSSR count). The Labute approximate surface area is 127 Å². The summed E-state index contributed by atoms with van der Waals surface area (Å²) in [5.74, 6) is 1.89. The maximum Gasteiger partial charge on any atom is 0.257 e. The van der Waals surface area contributed by atoms with Crippen LogP contribution in [0.5, 0.6) is 0 Å². The number of anilines is 1. The smallest absolute Gasteiger partial charge is 0.257 e. The Morgan fingerprint density at radius 3 is 2.71 bits per heavy atom. The number of aromatic nitrogens is 2. The van der Waals surface area contributed by atoms with Crippen molar-refractivity contribution in [1.29, 1.82) is 0 Å². The van der Waals surface area contributed by atoms with Crippen molar-refractivity contribution in [2.24, 2.45) is 0 Å². The third kappa shape index (κ3) is 3.08. The van der Waals surface area contributed by atoms with Gasteiger partial charge in [-0.2, -0.15) is 4.98 Å². The van der Waals surface area contributed by atoms with Crippen LogP contribution in [0.3, 0.4) is 0 Å². The number of hydrogen-bond acceptors (Lipinski definition) is 5. The van der Waals surface area contributed by atoms with Crippen molar-refractivity contribution in [3.63, 3.8) is 0 Å². The highest BCUT2D eigenvalue weighted by Gasteiger charge is 2.09. The number of nitrogen functional groups attached to an aromatic ring is 1. The Morgan fingerprint density at radius 1 is 1.10 bits per heavy atom. The molecule has 0 fully saturated rings. The Balaban J connectivity index is 1.72. The molecule has 3 aromatic rings. The summed E-state index contributed by atoms with van der Waals surface area (Å²) < 4.78 is 5.29. The molecule has 2 aromatic carbocycles. The third-order valence-electron chi connectivity index (χ3n) is 3.17. The molecule has 0 spiro atoms. The van der Waals surface area contributed by atoms with Gasteiger partial charge in [0, 0.05) is 16.1 Å². The van der Waals surface area contributed by atoms with E-state index in [0.29, 0.717) is 17.5 Å². The molecular formula is C16H15N3OS. The maximum atomic E-state index is 5.91. The van der Waals surface area contributed by atoms with Gasteiger partial charge >= 0.3 is 0 Å². The predicted molar refractivity (Wildman–Crippen MR) is 84.9 cm³/mol. The highest BCUT2D eigenvalue weighted by atomic mass is 32.2. The molecule has 0 bridgehead atoms. The Kier molecular flexibility index (Phi) is 3.92. The summed E-state index contributed by atoms with van der Waals surface area (Å²) in [5, 5.41) is 4.02. The van der Waals surface area contributed by atoms with E-state index >= 15 is 0 Å². The van der Waals surface area contributed by atoms with Gasteiger partial charge in [0.15, 0.2) is 5.82 Å². The van der Waals surface area contributed by atoms with Crippen LogP contribution in [0, 0.1) is 6.92 Å². The molecule has 0 saturated heterocycles. The lowest BCUT2D eigenvalue weighted by Crippen LogP contribution is -1.91. The van der Waals surface area contributed by atoms with Gasteiger partial charge in [0.25, 0.3) is 5.89 Å². The molecule has 106 valence electrons. The summed E-state index contributed by atoms with van der Waals surface area (Å²) in [5.41, 5.74) is 8.73. The molecule has 5 heteroatoms. The lowest BCUT2D eigenvalue weighted by atomic mass is 10.2. The molecule has 2 N–H and O–H groups in total. The second-order valence-electron chi connectivity index (χ2n) is 4.64. The monoisotopic (exact) mass is 297 g/mol. The second-order valence-corrected chi connectivity index (χ2v) is 5.66. The molecule has 4 nitrogen and oxygen atoms in total. The first-order valence-electron chi connectivity index (χ1n) is 6.60. The number of thioether (sulfide) groups is 1. The van der Waals surface area contributed by atoms with Crippen molar-refractivity contribution < 1.29 is 4.52 Å². The fourth-order valence-corrected chi connectivity index (χ4v) is 2.85. The molecule has 0 saturated carbocycles. The maximum absolute atomic E-state index is 5.91. The molecular weight excluding hydrogens is 282 g/mol. The van der Waals surface area contributed by atoms with Crippen LogP contribution in [0.1, 0.15) is 11.4 Å². The van der Waals surface area contributed by atoms with Gasteiger partial charge in [-0.15, -0.1) is 11.8 Å². The number of nitrogens with zero attached hydrogens (tertiary/aromatic N) is 2. The normalized spacial score (nSPS) is 10.7. The first kappa shape index (κ1) is 13.7. The molecule has 0 atom stereocenters. The van der Waals surface area contributed by atoms with Gasteiger partial charge < -0.3 is 10.3 Å². The van der Waals surface area contributed by atoms with Gasteiger partial charge in [-0.25, -0.2) is 0 Å². The van der Waals surface area contributed by atoms with Crippen LogP contribution in [0.25, 0.3) is 11.5 Å². The van der Waals surface area contributed by atoms with Gasteiger partial charge in [-0.05, 0) is 36.8 Å². The van der Waals surface area contributed by atoms with Crippen molar-refractivity contribution >= 4 is 17.4 Å². The number of rotatable bonds is 4. The van der Waals surface area contributed by atoms with E-state index in [4.69, 9.17) is 10.3 Å². The van der Waals surface area contributed by atoms with E-state index in [1.165, 1.54) is 0 Å². The zero-order valence-electron chi connectivity index (χ0n) is 11.6. The van der Waals surface area contributed by atoms with Crippen molar-refractivity contribution in [1.82, 2.24) is 10.1 Å². The highest BCUT2D eigenvalue weighted by molar-refractivity contribution is 7.98. The zero-order chi connectivity index (χ0) is 14.7. The minimum atomic E-state index is 0.551. The fourth-order valence-electron chi connectivity index (χ4n) is 1.94. The Bertz CT molecular complexity index is 740. The number of hydrogen-bond donors (Lipinski definition) is 1. The van der Waals surface area contributed by atoms with Crippen LogP contribution in [0.15, 0.2) is 57.9 Å². The second kappa shape index (κ2) is 6.01. The van der Waals surface area contributed by atoms with E-state index < -0.39 is 0 Å². The van der Waals surface area contributed by atoms with Gasteiger partial charge in [0.2, 0.25) is 0 Å². The van der Waals surface area contributed by atoms with Crippen LogP contribution in [-0.2, 0) is 5.75 Å². The number of benzene rings is 2. The quantitative estimate of drug-likeness (QED) is 0.584. The molecule has 21 heavy (non-hydrogen) atoms. The summed E-state index contributed by atoms with van der Waals surface area (Å²) in [4.78, 5) is 5.56. The Morgan fingerprint density at radius 2 is 1.90 bits per heavy atom.